The van der Waals surface area contributed by atoms with Gasteiger partial charge in [0, 0.05) is 19.6 Å². The summed E-state index contributed by atoms with van der Waals surface area (Å²) in [6, 6.07) is 5.23. The maximum Gasteiger partial charge on any atom is 0.247 e. The van der Waals surface area contributed by atoms with Crippen LogP contribution in [0.1, 0.15) is 33.6 Å². The number of hydrogen-bond donors (Lipinski definition) is 3. The highest BCUT2D eigenvalue weighted by molar-refractivity contribution is 5.88. The Morgan fingerprint density at radius 2 is 2.07 bits per heavy atom. The molecule has 8 nitrogen and oxygen atoms in total. The van der Waals surface area contributed by atoms with Crippen LogP contribution in [0.2, 0.25) is 0 Å². The molecule has 1 saturated heterocycles. The third-order valence-corrected chi connectivity index (χ3v) is 4.68. The van der Waals surface area contributed by atoms with Crippen molar-refractivity contribution in [3.05, 3.63) is 18.2 Å². The Balaban J connectivity index is 0.000000828. The molecule has 1 aromatic carbocycles. The van der Waals surface area contributed by atoms with Crippen molar-refractivity contribution in [3.8, 4) is 5.75 Å². The number of carbonyl (C=O) groups is 2. The highest BCUT2D eigenvalue weighted by Crippen LogP contribution is 2.33. The van der Waals surface area contributed by atoms with Gasteiger partial charge >= 0.3 is 0 Å². The van der Waals surface area contributed by atoms with Crippen molar-refractivity contribution in [2.75, 3.05) is 31.4 Å². The molecule has 1 aliphatic rings. The number of hydrogen-bond acceptors (Lipinski definition) is 6. The van der Waals surface area contributed by atoms with Crippen LogP contribution in [0.4, 0.5) is 11.4 Å². The maximum absolute atomic E-state index is 13.0. The number of methoxy groups -OCH3 is 1. The number of nitrogens with zero attached hydrogens (tertiary/aromatic N) is 2. The van der Waals surface area contributed by atoms with Crippen LogP contribution >= 0.6 is 0 Å². The zero-order valence-electron chi connectivity index (χ0n) is 16.9. The smallest absolute Gasteiger partial charge is 0.247 e. The number of anilines is 2. The first-order chi connectivity index (χ1) is 12.8. The molecule has 2 unspecified atom stereocenters. The fourth-order valence-corrected chi connectivity index (χ4v) is 3.24. The van der Waals surface area contributed by atoms with Crippen LogP contribution in [0.5, 0.6) is 5.75 Å². The van der Waals surface area contributed by atoms with Gasteiger partial charge in [0.1, 0.15) is 11.8 Å². The van der Waals surface area contributed by atoms with Gasteiger partial charge in [0.05, 0.1) is 18.5 Å². The number of hydrazine groups is 1. The van der Waals surface area contributed by atoms with E-state index in [1.807, 2.05) is 30.9 Å². The summed E-state index contributed by atoms with van der Waals surface area (Å²) >= 11 is 0. The molecule has 1 heterocycles. The molecular weight excluding hydrogens is 346 g/mol. The largest absolute Gasteiger partial charge is 0.495 e. The Morgan fingerprint density at radius 3 is 2.52 bits per heavy atom. The van der Waals surface area contributed by atoms with Gasteiger partial charge in [-0.15, -0.1) is 0 Å². The van der Waals surface area contributed by atoms with Crippen molar-refractivity contribution in [2.45, 2.75) is 45.7 Å². The quantitative estimate of drug-likeness (QED) is 0.298. The van der Waals surface area contributed by atoms with E-state index in [9.17, 15) is 4.79 Å². The standard InChI is InChI=1S/C17H28N4O2.C2H5NO/c1-11(2)16(17(22)20-10-6-7-12(20)3)21(19)13-8-5-9-14(23-4)15(13)18;1-3-2-4/h5,8-9,11-12,16H,6-7,10,18-19H2,1-4H3;2H,1H3,(H,3,4). The molecule has 5 N–H and O–H groups in total. The number of nitrogens with one attached hydrogen (secondary N) is 1. The summed E-state index contributed by atoms with van der Waals surface area (Å²) in [5, 5.41) is 3.75. The van der Waals surface area contributed by atoms with Gasteiger partial charge in [0.2, 0.25) is 12.3 Å². The molecule has 1 fully saturated rings. The van der Waals surface area contributed by atoms with E-state index in [1.165, 1.54) is 5.01 Å². The number of rotatable bonds is 6. The van der Waals surface area contributed by atoms with Gasteiger partial charge < -0.3 is 20.7 Å². The first-order valence-electron chi connectivity index (χ1n) is 9.17. The van der Waals surface area contributed by atoms with Crippen LogP contribution in [0.3, 0.4) is 0 Å². The van der Waals surface area contributed by atoms with Crippen LogP contribution in [-0.4, -0.2) is 50.0 Å². The third-order valence-electron chi connectivity index (χ3n) is 4.68. The Labute approximate surface area is 161 Å². The average Bonchev–Trinajstić information content (AvgIpc) is 3.07. The molecule has 1 aromatic rings. The first kappa shape index (κ1) is 22.6. The summed E-state index contributed by atoms with van der Waals surface area (Å²) in [6.45, 7) is 6.88. The zero-order valence-corrected chi connectivity index (χ0v) is 16.9. The number of ether oxygens (including phenoxy) is 1. The Bertz CT molecular complexity index is 623. The second-order valence-electron chi connectivity index (χ2n) is 6.92. The molecule has 27 heavy (non-hydrogen) atoms. The molecule has 0 bridgehead atoms. The molecule has 0 radical (unpaired) electrons. The lowest BCUT2D eigenvalue weighted by atomic mass is 10.0. The highest BCUT2D eigenvalue weighted by Gasteiger charge is 2.36. The normalized spacial score (nSPS) is 17.0. The summed E-state index contributed by atoms with van der Waals surface area (Å²) < 4.78 is 5.25. The fourth-order valence-electron chi connectivity index (χ4n) is 3.24. The van der Waals surface area contributed by atoms with Gasteiger partial charge in [-0.25, -0.2) is 5.84 Å². The number of amides is 2. The Hall–Kier alpha value is -2.48. The summed E-state index contributed by atoms with van der Waals surface area (Å²) in [7, 11) is 3.13. The number of para-hydroxylation sites is 1. The monoisotopic (exact) mass is 379 g/mol. The van der Waals surface area contributed by atoms with Gasteiger partial charge in [-0.2, -0.15) is 0 Å². The maximum atomic E-state index is 13.0. The van der Waals surface area contributed by atoms with E-state index in [0.29, 0.717) is 23.5 Å². The lowest BCUT2D eigenvalue weighted by molar-refractivity contribution is -0.134. The van der Waals surface area contributed by atoms with Crippen LogP contribution in [0.15, 0.2) is 18.2 Å². The van der Waals surface area contributed by atoms with E-state index in [0.717, 1.165) is 19.4 Å². The van der Waals surface area contributed by atoms with E-state index in [1.54, 1.807) is 20.2 Å². The van der Waals surface area contributed by atoms with Crippen molar-refractivity contribution < 1.29 is 14.3 Å². The van der Waals surface area contributed by atoms with E-state index < -0.39 is 6.04 Å². The molecular formula is C19H33N5O3. The molecule has 0 aromatic heterocycles. The topological polar surface area (TPSA) is 114 Å². The second kappa shape index (κ2) is 10.6. The predicted molar refractivity (Wildman–Crippen MR) is 108 cm³/mol. The van der Waals surface area contributed by atoms with Crippen molar-refractivity contribution in [2.24, 2.45) is 11.8 Å². The van der Waals surface area contributed by atoms with Gasteiger partial charge in [-0.05, 0) is 37.8 Å². The molecule has 0 saturated carbocycles. The van der Waals surface area contributed by atoms with Crippen molar-refractivity contribution >= 4 is 23.7 Å². The lowest BCUT2D eigenvalue weighted by Gasteiger charge is -2.36. The van der Waals surface area contributed by atoms with Crippen molar-refractivity contribution in [3.63, 3.8) is 0 Å². The fraction of sp³-hybridized carbons (Fsp3) is 0.579. The van der Waals surface area contributed by atoms with Crippen molar-refractivity contribution in [1.82, 2.24) is 10.2 Å². The predicted octanol–water partition coefficient (Wildman–Crippen LogP) is 1.36. The molecule has 0 aliphatic carbocycles. The van der Waals surface area contributed by atoms with E-state index in [4.69, 9.17) is 21.1 Å². The molecule has 8 heteroatoms. The molecule has 2 amide bonds. The van der Waals surface area contributed by atoms with E-state index in [-0.39, 0.29) is 17.9 Å². The van der Waals surface area contributed by atoms with Gasteiger partial charge in [0.25, 0.3) is 0 Å². The molecule has 2 rings (SSSR count). The molecule has 152 valence electrons. The van der Waals surface area contributed by atoms with Crippen molar-refractivity contribution in [1.29, 1.82) is 0 Å². The molecule has 1 aliphatic heterocycles. The van der Waals surface area contributed by atoms with E-state index in [2.05, 4.69) is 12.2 Å². The van der Waals surface area contributed by atoms with Gasteiger partial charge in [0.15, 0.2) is 0 Å². The second-order valence-corrected chi connectivity index (χ2v) is 6.92. The molecule has 2 atom stereocenters. The number of benzene rings is 1. The number of nitrogens with two attached hydrogens (primary N) is 2. The highest BCUT2D eigenvalue weighted by atomic mass is 16.5. The van der Waals surface area contributed by atoms with E-state index >= 15 is 0 Å². The SMILES string of the molecule is CNC=O.COc1cccc(N(N)C(C(=O)N2CCCC2C)C(C)C)c1N. The zero-order chi connectivity index (χ0) is 20.6. The Kier molecular flexibility index (Phi) is 8.87. The van der Waals surface area contributed by atoms with Gasteiger partial charge in [-0.3, -0.25) is 14.6 Å². The number of carbonyl (C=O) groups excluding carboxylic acids is 2. The number of likely N-dealkylation sites (tertiary alicyclic amines) is 1. The van der Waals surface area contributed by atoms with Crippen LogP contribution in [0.25, 0.3) is 0 Å². The first-order valence-corrected chi connectivity index (χ1v) is 9.17. The minimum atomic E-state index is -0.454. The molecule has 0 spiro atoms. The summed E-state index contributed by atoms with van der Waals surface area (Å²) in [5.74, 6) is 7.01. The summed E-state index contributed by atoms with van der Waals surface area (Å²) in [5.41, 5.74) is 7.21. The Morgan fingerprint density at radius 1 is 1.44 bits per heavy atom. The number of nitrogen functional groups attached to an aromatic ring is 1. The third kappa shape index (κ3) is 5.50. The van der Waals surface area contributed by atoms with Gasteiger partial charge in [-0.1, -0.05) is 19.9 Å². The minimum Gasteiger partial charge on any atom is -0.495 e. The van der Waals surface area contributed by atoms with Crippen LogP contribution < -0.4 is 26.6 Å². The average molecular weight is 380 g/mol. The summed E-state index contributed by atoms with van der Waals surface area (Å²) in [6.07, 6.45) is 2.71. The lowest BCUT2D eigenvalue weighted by Crippen LogP contribution is -2.55. The van der Waals surface area contributed by atoms with Crippen LogP contribution in [-0.2, 0) is 9.59 Å². The minimum absolute atomic E-state index is 0.0610. The summed E-state index contributed by atoms with van der Waals surface area (Å²) in [4.78, 5) is 24.0. The van der Waals surface area contributed by atoms with Crippen LogP contribution in [0, 0.1) is 5.92 Å².